The number of rotatable bonds is 4. The zero-order valence-corrected chi connectivity index (χ0v) is 12.7. The van der Waals surface area contributed by atoms with E-state index in [2.05, 4.69) is 4.99 Å². The fourth-order valence-corrected chi connectivity index (χ4v) is 2.36. The third-order valence-corrected chi connectivity index (χ3v) is 3.53. The van der Waals surface area contributed by atoms with Gasteiger partial charge in [-0.3, -0.25) is 9.59 Å². The highest BCUT2D eigenvalue weighted by atomic mass is 35.5. The summed E-state index contributed by atoms with van der Waals surface area (Å²) in [5.74, 6) is 0.0452. The van der Waals surface area contributed by atoms with Gasteiger partial charge in [-0.25, -0.2) is 4.99 Å². The van der Waals surface area contributed by atoms with Crippen LogP contribution in [0.25, 0.3) is 0 Å². The number of ketones is 1. The van der Waals surface area contributed by atoms with E-state index in [1.165, 1.54) is 6.08 Å². The number of halogens is 1. The molecule has 114 valence electrons. The van der Waals surface area contributed by atoms with Crippen LogP contribution < -0.4 is 0 Å². The van der Waals surface area contributed by atoms with Crippen LogP contribution in [0.2, 0.25) is 5.02 Å². The van der Waals surface area contributed by atoms with Gasteiger partial charge >= 0.3 is 0 Å². The van der Waals surface area contributed by atoms with Gasteiger partial charge in [-0.05, 0) is 24.3 Å². The van der Waals surface area contributed by atoms with Crippen LogP contribution in [0.3, 0.4) is 0 Å². The lowest BCUT2D eigenvalue weighted by atomic mass is 10.1. The zero-order chi connectivity index (χ0) is 16.2. The van der Waals surface area contributed by atoms with Crippen molar-refractivity contribution in [3.63, 3.8) is 0 Å². The van der Waals surface area contributed by atoms with Crippen molar-refractivity contribution in [2.24, 2.45) is 4.99 Å². The van der Waals surface area contributed by atoms with Crippen molar-refractivity contribution in [1.82, 2.24) is 0 Å². The summed E-state index contributed by atoms with van der Waals surface area (Å²) in [5, 5.41) is 0.470. The summed E-state index contributed by atoms with van der Waals surface area (Å²) >= 11 is 5.88. The van der Waals surface area contributed by atoms with Gasteiger partial charge in [0.1, 0.15) is 0 Å². The first-order valence-electron chi connectivity index (χ1n) is 6.95. The maximum Gasteiger partial charge on any atom is 0.222 e. The van der Waals surface area contributed by atoms with E-state index >= 15 is 0 Å². The third-order valence-electron chi connectivity index (χ3n) is 3.29. The van der Waals surface area contributed by atoms with Crippen LogP contribution in [0.1, 0.15) is 15.9 Å². The van der Waals surface area contributed by atoms with E-state index in [0.29, 0.717) is 22.8 Å². The number of allylic oxidation sites excluding steroid dienone is 1. The number of aldehydes is 1. The summed E-state index contributed by atoms with van der Waals surface area (Å²) in [6.45, 7) is 0. The van der Waals surface area contributed by atoms with E-state index < -0.39 is 6.10 Å². The van der Waals surface area contributed by atoms with Gasteiger partial charge in [0.25, 0.3) is 0 Å². The monoisotopic (exact) mass is 325 g/mol. The number of ether oxygens (including phenoxy) is 1. The summed E-state index contributed by atoms with van der Waals surface area (Å²) in [6, 6.07) is 15.8. The minimum atomic E-state index is -0.881. The molecule has 0 bridgehead atoms. The molecule has 0 aliphatic carbocycles. The highest BCUT2D eigenvalue weighted by Crippen LogP contribution is 2.21. The largest absolute Gasteiger partial charge is 0.460 e. The maximum atomic E-state index is 12.3. The second-order valence-electron chi connectivity index (χ2n) is 4.90. The molecule has 0 aromatic heterocycles. The minimum Gasteiger partial charge on any atom is -0.460 e. The van der Waals surface area contributed by atoms with Gasteiger partial charge in [0, 0.05) is 22.2 Å². The van der Waals surface area contributed by atoms with Crippen molar-refractivity contribution in [2.45, 2.75) is 6.10 Å². The van der Waals surface area contributed by atoms with Gasteiger partial charge in [0.05, 0.1) is 5.70 Å². The Balaban J connectivity index is 1.92. The number of carbonyl (C=O) groups is 2. The molecule has 0 N–H and O–H groups in total. The topological polar surface area (TPSA) is 55.7 Å². The molecule has 4 nitrogen and oxygen atoms in total. The second-order valence-corrected chi connectivity index (χ2v) is 5.34. The Kier molecular flexibility index (Phi) is 4.35. The van der Waals surface area contributed by atoms with Crippen LogP contribution in [-0.2, 0) is 9.53 Å². The van der Waals surface area contributed by atoms with Crippen molar-refractivity contribution >= 4 is 29.6 Å². The first-order chi connectivity index (χ1) is 11.2. The summed E-state index contributed by atoms with van der Waals surface area (Å²) in [4.78, 5) is 27.7. The fraction of sp³-hybridized carbons (Fsp3) is 0.0556. The lowest BCUT2D eigenvalue weighted by Gasteiger charge is -2.04. The molecule has 1 aliphatic rings. The van der Waals surface area contributed by atoms with Crippen molar-refractivity contribution in [2.75, 3.05) is 0 Å². The Bertz CT molecular complexity index is 812. The number of hydrogen-bond donors (Lipinski definition) is 0. The Morgan fingerprint density at radius 1 is 1.13 bits per heavy atom. The number of carbonyl (C=O) groups excluding carboxylic acids is 2. The van der Waals surface area contributed by atoms with Crippen molar-refractivity contribution in [3.8, 4) is 0 Å². The Morgan fingerprint density at radius 3 is 2.61 bits per heavy atom. The molecule has 3 rings (SSSR count). The molecule has 1 unspecified atom stereocenters. The van der Waals surface area contributed by atoms with Gasteiger partial charge < -0.3 is 4.74 Å². The van der Waals surface area contributed by atoms with Gasteiger partial charge in [0.2, 0.25) is 5.90 Å². The van der Waals surface area contributed by atoms with Crippen LogP contribution in [0.15, 0.2) is 71.4 Å². The van der Waals surface area contributed by atoms with Gasteiger partial charge in [0.15, 0.2) is 18.2 Å². The first kappa shape index (κ1) is 15.2. The molecule has 23 heavy (non-hydrogen) atoms. The molecular weight excluding hydrogens is 314 g/mol. The average molecular weight is 326 g/mol. The van der Waals surface area contributed by atoms with E-state index in [9.17, 15) is 9.59 Å². The van der Waals surface area contributed by atoms with Crippen LogP contribution in [0.5, 0.6) is 0 Å². The van der Waals surface area contributed by atoms with Crippen LogP contribution in [0.4, 0.5) is 0 Å². The van der Waals surface area contributed by atoms with Crippen molar-refractivity contribution in [3.05, 3.63) is 82.5 Å². The molecule has 0 spiro atoms. The molecule has 0 saturated carbocycles. The third kappa shape index (κ3) is 3.38. The predicted octanol–water partition coefficient (Wildman–Crippen LogP) is 3.45. The molecular formula is C18H12ClNO3. The molecule has 1 heterocycles. The van der Waals surface area contributed by atoms with E-state index in [0.717, 1.165) is 5.56 Å². The highest BCUT2D eigenvalue weighted by Gasteiger charge is 2.26. The number of aliphatic imine (C=N–C) groups is 1. The van der Waals surface area contributed by atoms with Crippen molar-refractivity contribution < 1.29 is 14.3 Å². The van der Waals surface area contributed by atoms with E-state index in [1.54, 1.807) is 24.3 Å². The minimum absolute atomic E-state index is 0.281. The summed E-state index contributed by atoms with van der Waals surface area (Å²) < 4.78 is 5.51. The SMILES string of the molecule is O=CC1OC(c2ccccc2)=N/C1=C\C(=O)c1cccc(Cl)c1. The molecule has 2 aromatic carbocycles. The smallest absolute Gasteiger partial charge is 0.222 e. The van der Waals surface area contributed by atoms with Crippen LogP contribution in [-0.4, -0.2) is 24.1 Å². The normalized spacial score (nSPS) is 18.4. The number of nitrogens with zero attached hydrogens (tertiary/aromatic N) is 1. The van der Waals surface area contributed by atoms with Gasteiger partial charge in [-0.2, -0.15) is 0 Å². The lowest BCUT2D eigenvalue weighted by Crippen LogP contribution is -2.14. The molecule has 0 radical (unpaired) electrons. The Morgan fingerprint density at radius 2 is 1.91 bits per heavy atom. The lowest BCUT2D eigenvalue weighted by molar-refractivity contribution is -0.112. The van der Waals surface area contributed by atoms with Crippen molar-refractivity contribution in [1.29, 1.82) is 0 Å². The maximum absolute atomic E-state index is 12.3. The molecule has 0 saturated heterocycles. The molecule has 1 aliphatic heterocycles. The standard InChI is InChI=1S/C18H12ClNO3/c19-14-8-4-7-13(9-14)16(22)10-15-17(11-21)23-18(20-15)12-5-2-1-3-6-12/h1-11,17H/b15-10-. The quantitative estimate of drug-likeness (QED) is 0.491. The van der Waals surface area contributed by atoms with Gasteiger partial charge in [-0.1, -0.05) is 41.9 Å². The molecule has 0 fully saturated rings. The molecule has 0 amide bonds. The number of hydrogen-bond acceptors (Lipinski definition) is 4. The van der Waals surface area contributed by atoms with E-state index in [1.807, 2.05) is 30.3 Å². The average Bonchev–Trinajstić information content (AvgIpc) is 2.98. The van der Waals surface area contributed by atoms with Crippen LogP contribution >= 0.6 is 11.6 Å². The fourth-order valence-electron chi connectivity index (χ4n) is 2.17. The Hall–Kier alpha value is -2.72. The zero-order valence-electron chi connectivity index (χ0n) is 12.0. The predicted molar refractivity (Wildman–Crippen MR) is 87.8 cm³/mol. The first-order valence-corrected chi connectivity index (χ1v) is 7.33. The van der Waals surface area contributed by atoms with Gasteiger partial charge in [-0.15, -0.1) is 0 Å². The molecule has 1 atom stereocenters. The van der Waals surface area contributed by atoms with E-state index in [4.69, 9.17) is 16.3 Å². The Labute approximate surface area is 138 Å². The summed E-state index contributed by atoms with van der Waals surface area (Å²) in [7, 11) is 0. The summed E-state index contributed by atoms with van der Waals surface area (Å²) in [6.07, 6.45) is 1.05. The van der Waals surface area contributed by atoms with E-state index in [-0.39, 0.29) is 11.5 Å². The van der Waals surface area contributed by atoms with Crippen LogP contribution in [0, 0.1) is 0 Å². The molecule has 2 aromatic rings. The number of benzene rings is 2. The second kappa shape index (κ2) is 6.58. The highest BCUT2D eigenvalue weighted by molar-refractivity contribution is 6.31. The summed E-state index contributed by atoms with van der Waals surface area (Å²) in [5.41, 5.74) is 1.46. The molecule has 5 heteroatoms.